The number of nitrogens with zero attached hydrogens (tertiary/aromatic N) is 4. The fourth-order valence-corrected chi connectivity index (χ4v) is 6.54. The van der Waals surface area contributed by atoms with Gasteiger partial charge in [-0.1, -0.05) is 0 Å². The molecule has 1 saturated heterocycles. The van der Waals surface area contributed by atoms with Crippen LogP contribution in [0, 0.1) is 5.41 Å². The monoisotopic (exact) mass is 488 g/mol. The number of aromatic amines is 1. The van der Waals surface area contributed by atoms with E-state index >= 15 is 0 Å². The summed E-state index contributed by atoms with van der Waals surface area (Å²) >= 11 is 1.09. The van der Waals surface area contributed by atoms with Gasteiger partial charge in [0.2, 0.25) is 0 Å². The first-order valence-corrected chi connectivity index (χ1v) is 12.0. The Morgan fingerprint density at radius 3 is 2.88 bits per heavy atom. The second-order valence-electron chi connectivity index (χ2n) is 9.56. The number of fused-ring (bicyclic) bond motifs is 2. The molecular formula is C23H23F3N6OS. The molecule has 6 rings (SSSR count). The number of aromatic nitrogens is 4. The number of alkyl halides is 3. The summed E-state index contributed by atoms with van der Waals surface area (Å²) in [7, 11) is 1.75. The minimum atomic E-state index is -4.24. The zero-order chi connectivity index (χ0) is 23.7. The highest BCUT2D eigenvalue weighted by atomic mass is 32.1. The Morgan fingerprint density at radius 2 is 2.09 bits per heavy atom. The average Bonchev–Trinajstić information content (AvgIpc) is 3.43. The molecule has 4 aromatic rings. The number of thiophene rings is 1. The van der Waals surface area contributed by atoms with Gasteiger partial charge in [0.05, 0.1) is 22.8 Å². The van der Waals surface area contributed by atoms with Gasteiger partial charge in [0.15, 0.2) is 0 Å². The number of imidazole rings is 1. The summed E-state index contributed by atoms with van der Waals surface area (Å²) in [5.74, 6) is 0.738. The van der Waals surface area contributed by atoms with Crippen LogP contribution < -0.4 is 15.9 Å². The van der Waals surface area contributed by atoms with Gasteiger partial charge >= 0.3 is 11.9 Å². The zero-order valence-electron chi connectivity index (χ0n) is 18.4. The molecule has 1 aromatic carbocycles. The third-order valence-corrected chi connectivity index (χ3v) is 8.15. The van der Waals surface area contributed by atoms with E-state index in [1.54, 1.807) is 17.7 Å². The topological polar surface area (TPSA) is 78.8 Å². The SMILES string of the molecule is Cn1c(=O)[nH]c2ccc(NC3CC4(CCN(c5ncnc6sc(CC(F)(F)F)cc56)C4)C3)cc21. The van der Waals surface area contributed by atoms with Gasteiger partial charge in [-0.15, -0.1) is 11.3 Å². The standard InChI is InChI=1S/C23H23F3N6OS/c1-31-18-6-13(2-3-17(18)30-21(31)33)29-14-8-22(9-14)4-5-32(11-22)19-16-7-15(10-23(24,25)26)34-20(16)28-12-27-19/h2-3,6-7,12,14,29H,4-5,8-11H2,1H3,(H,30,33). The Morgan fingerprint density at radius 1 is 1.26 bits per heavy atom. The normalized spacial score (nSPS) is 22.7. The molecule has 0 atom stereocenters. The maximum atomic E-state index is 12.9. The number of H-pyrrole nitrogens is 1. The molecule has 11 heteroatoms. The van der Waals surface area contributed by atoms with Gasteiger partial charge in [-0.25, -0.2) is 14.8 Å². The van der Waals surface area contributed by atoms with Gasteiger partial charge in [0.25, 0.3) is 0 Å². The van der Waals surface area contributed by atoms with Crippen molar-refractivity contribution in [2.24, 2.45) is 12.5 Å². The second kappa shape index (κ2) is 7.46. The molecule has 2 aliphatic rings. The summed E-state index contributed by atoms with van der Waals surface area (Å²) in [6.07, 6.45) is -0.656. The fraction of sp³-hybridized carbons (Fsp3) is 0.435. The Bertz CT molecular complexity index is 1450. The Kier molecular flexibility index (Phi) is 4.71. The van der Waals surface area contributed by atoms with Crippen molar-refractivity contribution in [3.8, 4) is 0 Å². The summed E-state index contributed by atoms with van der Waals surface area (Å²) in [6, 6.07) is 7.84. The van der Waals surface area contributed by atoms with Gasteiger partial charge in [-0.3, -0.25) is 4.57 Å². The predicted octanol–water partition coefficient (Wildman–Crippen LogP) is 4.45. The van der Waals surface area contributed by atoms with Crippen molar-refractivity contribution < 1.29 is 13.2 Å². The number of rotatable bonds is 4. The molecule has 1 saturated carbocycles. The van der Waals surface area contributed by atoms with Crippen LogP contribution in [0.3, 0.4) is 0 Å². The predicted molar refractivity (Wildman–Crippen MR) is 127 cm³/mol. The van der Waals surface area contributed by atoms with E-state index in [0.29, 0.717) is 16.3 Å². The van der Waals surface area contributed by atoms with Crippen molar-refractivity contribution in [1.82, 2.24) is 19.5 Å². The second-order valence-corrected chi connectivity index (χ2v) is 10.7. The lowest BCUT2D eigenvalue weighted by molar-refractivity contribution is -0.126. The largest absolute Gasteiger partial charge is 0.393 e. The van der Waals surface area contributed by atoms with E-state index in [1.165, 1.54) is 6.33 Å². The van der Waals surface area contributed by atoms with Crippen LogP contribution in [-0.4, -0.2) is 44.8 Å². The molecule has 2 N–H and O–H groups in total. The number of halogens is 3. The van der Waals surface area contributed by atoms with Gasteiger partial charge in [0, 0.05) is 36.7 Å². The molecule has 0 amide bonds. The Labute approximate surface area is 196 Å². The first-order valence-electron chi connectivity index (χ1n) is 11.2. The molecule has 0 bridgehead atoms. The van der Waals surface area contributed by atoms with Crippen molar-refractivity contribution >= 4 is 44.1 Å². The number of benzene rings is 1. The van der Waals surface area contributed by atoms with Crippen LogP contribution in [0.4, 0.5) is 24.7 Å². The Balaban J connectivity index is 1.14. The summed E-state index contributed by atoms with van der Waals surface area (Å²) in [6.45, 7) is 1.67. The lowest BCUT2D eigenvalue weighted by atomic mass is 9.65. The third kappa shape index (κ3) is 3.71. The maximum absolute atomic E-state index is 12.9. The van der Waals surface area contributed by atoms with E-state index in [-0.39, 0.29) is 16.0 Å². The maximum Gasteiger partial charge on any atom is 0.393 e. The molecule has 7 nitrogen and oxygen atoms in total. The summed E-state index contributed by atoms with van der Waals surface area (Å²) in [5.41, 5.74) is 2.73. The number of anilines is 2. The highest BCUT2D eigenvalue weighted by Gasteiger charge is 2.49. The molecule has 2 fully saturated rings. The minimum Gasteiger partial charge on any atom is -0.382 e. The highest BCUT2D eigenvalue weighted by molar-refractivity contribution is 7.18. The van der Waals surface area contributed by atoms with Crippen LogP contribution in [0.1, 0.15) is 24.1 Å². The van der Waals surface area contributed by atoms with Crippen LogP contribution in [0.15, 0.2) is 35.4 Å². The van der Waals surface area contributed by atoms with Crippen molar-refractivity contribution in [2.45, 2.75) is 37.9 Å². The number of nitrogens with one attached hydrogen (secondary N) is 2. The van der Waals surface area contributed by atoms with E-state index in [0.717, 1.165) is 66.2 Å². The van der Waals surface area contributed by atoms with Crippen LogP contribution >= 0.6 is 11.3 Å². The molecular weight excluding hydrogens is 465 g/mol. The molecule has 1 spiro atoms. The van der Waals surface area contributed by atoms with Crippen molar-refractivity contribution in [2.75, 3.05) is 23.3 Å². The molecule has 0 unspecified atom stereocenters. The number of hydrogen-bond donors (Lipinski definition) is 2. The van der Waals surface area contributed by atoms with Crippen LogP contribution in [-0.2, 0) is 13.5 Å². The molecule has 178 valence electrons. The Hall–Kier alpha value is -3.08. The first-order chi connectivity index (χ1) is 16.2. The first kappa shape index (κ1) is 21.5. The van der Waals surface area contributed by atoms with E-state index in [9.17, 15) is 18.0 Å². The van der Waals surface area contributed by atoms with Crippen molar-refractivity contribution in [1.29, 1.82) is 0 Å². The molecule has 1 aliphatic heterocycles. The van der Waals surface area contributed by atoms with Crippen LogP contribution in [0.5, 0.6) is 0 Å². The minimum absolute atomic E-state index is 0.129. The van der Waals surface area contributed by atoms with Crippen LogP contribution in [0.2, 0.25) is 0 Å². The number of aryl methyl sites for hydroxylation is 1. The van der Waals surface area contributed by atoms with Gasteiger partial charge < -0.3 is 15.2 Å². The lowest BCUT2D eigenvalue weighted by Crippen LogP contribution is -2.46. The summed E-state index contributed by atoms with van der Waals surface area (Å²) in [5, 5.41) is 4.30. The van der Waals surface area contributed by atoms with E-state index < -0.39 is 12.6 Å². The molecule has 0 radical (unpaired) electrons. The average molecular weight is 489 g/mol. The van der Waals surface area contributed by atoms with Crippen molar-refractivity contribution in [3.63, 3.8) is 0 Å². The van der Waals surface area contributed by atoms with Crippen LogP contribution in [0.25, 0.3) is 21.3 Å². The number of hydrogen-bond acceptors (Lipinski definition) is 6. The molecule has 3 aromatic heterocycles. The van der Waals surface area contributed by atoms with E-state index in [4.69, 9.17) is 0 Å². The van der Waals surface area contributed by atoms with E-state index in [1.807, 2.05) is 18.2 Å². The third-order valence-electron chi connectivity index (χ3n) is 7.11. The van der Waals surface area contributed by atoms with E-state index in [2.05, 4.69) is 25.2 Å². The smallest absolute Gasteiger partial charge is 0.382 e. The zero-order valence-corrected chi connectivity index (χ0v) is 19.3. The quantitative estimate of drug-likeness (QED) is 0.444. The van der Waals surface area contributed by atoms with Crippen molar-refractivity contribution in [3.05, 3.63) is 46.0 Å². The van der Waals surface area contributed by atoms with Gasteiger partial charge in [0.1, 0.15) is 17.0 Å². The molecule has 34 heavy (non-hydrogen) atoms. The van der Waals surface area contributed by atoms with Gasteiger partial charge in [-0.05, 0) is 48.9 Å². The van der Waals surface area contributed by atoms with Gasteiger partial charge in [-0.2, -0.15) is 13.2 Å². The lowest BCUT2D eigenvalue weighted by Gasteiger charge is -2.46. The fourth-order valence-electron chi connectivity index (χ4n) is 5.52. The summed E-state index contributed by atoms with van der Waals surface area (Å²) in [4.78, 5) is 26.4. The highest BCUT2D eigenvalue weighted by Crippen LogP contribution is 2.50. The molecule has 1 aliphatic carbocycles. The summed E-state index contributed by atoms with van der Waals surface area (Å²) < 4.78 is 40.2. The molecule has 4 heterocycles.